The lowest BCUT2D eigenvalue weighted by molar-refractivity contribution is -0.148. The first kappa shape index (κ1) is 25.6. The molecule has 1 aromatic carbocycles. The fourth-order valence-corrected chi connectivity index (χ4v) is 4.43. The third-order valence-corrected chi connectivity index (χ3v) is 6.46. The van der Waals surface area contributed by atoms with Crippen LogP contribution in [0.15, 0.2) is 30.3 Å². The van der Waals surface area contributed by atoms with Crippen LogP contribution in [0.4, 0.5) is 0 Å². The minimum absolute atomic E-state index is 0.300. The predicted octanol–water partition coefficient (Wildman–Crippen LogP) is 6.63. The van der Waals surface area contributed by atoms with Crippen molar-refractivity contribution in [2.24, 2.45) is 5.41 Å². The van der Waals surface area contributed by atoms with Gasteiger partial charge in [0.15, 0.2) is 0 Å². The number of rotatable bonds is 17. The second kappa shape index (κ2) is 13.7. The molecule has 0 aliphatic carbocycles. The van der Waals surface area contributed by atoms with Gasteiger partial charge in [-0.3, -0.25) is 0 Å². The summed E-state index contributed by atoms with van der Waals surface area (Å²) in [5.74, 6) is -0.300. The van der Waals surface area contributed by atoms with E-state index in [2.05, 4.69) is 13.8 Å². The van der Waals surface area contributed by atoms with Crippen LogP contribution in [-0.2, 0) is 9.59 Å². The van der Waals surface area contributed by atoms with Crippen LogP contribution in [0.3, 0.4) is 0 Å². The Morgan fingerprint density at radius 1 is 0.828 bits per heavy atom. The van der Waals surface area contributed by atoms with E-state index in [9.17, 15) is 14.7 Å². The van der Waals surface area contributed by atoms with Gasteiger partial charge in [0.2, 0.25) is 0 Å². The van der Waals surface area contributed by atoms with E-state index in [1.54, 1.807) is 6.92 Å². The topological polar surface area (TPSA) is 54.4 Å². The predicted molar refractivity (Wildman–Crippen MR) is 121 cm³/mol. The van der Waals surface area contributed by atoms with Gasteiger partial charge >= 0.3 is 0 Å². The molecule has 0 fully saturated rings. The fourth-order valence-electron chi connectivity index (χ4n) is 4.43. The van der Waals surface area contributed by atoms with Crippen LogP contribution in [0.2, 0.25) is 0 Å². The highest BCUT2D eigenvalue weighted by atomic mass is 16.3. The monoisotopic (exact) mass is 402 g/mol. The van der Waals surface area contributed by atoms with E-state index >= 15 is 0 Å². The smallest absolute Gasteiger partial charge is 0.136 e. The van der Waals surface area contributed by atoms with Crippen molar-refractivity contribution in [1.82, 2.24) is 0 Å². The van der Waals surface area contributed by atoms with Crippen molar-refractivity contribution in [3.05, 3.63) is 35.9 Å². The molecule has 1 aromatic rings. The highest BCUT2D eigenvalue weighted by molar-refractivity contribution is 5.87. The molecule has 0 heterocycles. The molecule has 29 heavy (non-hydrogen) atoms. The van der Waals surface area contributed by atoms with E-state index in [0.717, 1.165) is 69.5 Å². The maximum Gasteiger partial charge on any atom is 0.136 e. The molecule has 0 aliphatic rings. The molecule has 1 rings (SSSR count). The molecule has 0 saturated heterocycles. The van der Waals surface area contributed by atoms with Crippen molar-refractivity contribution in [2.75, 3.05) is 0 Å². The van der Waals surface area contributed by atoms with Gasteiger partial charge in [0, 0.05) is 5.92 Å². The Morgan fingerprint density at radius 2 is 1.34 bits per heavy atom. The SMILES string of the molecule is CCCCCCCCC(C)(O)C(C=O)(C=O)C(CCCCCC)c1ccccc1. The molecule has 0 bridgehead atoms. The van der Waals surface area contributed by atoms with Gasteiger partial charge in [-0.15, -0.1) is 0 Å². The number of carbonyl (C=O) groups is 2. The number of hydrogen-bond donors (Lipinski definition) is 1. The third kappa shape index (κ3) is 7.37. The third-order valence-electron chi connectivity index (χ3n) is 6.46. The summed E-state index contributed by atoms with van der Waals surface area (Å²) in [6.45, 7) is 6.04. The Bertz CT molecular complexity index is 557. The van der Waals surface area contributed by atoms with Crippen LogP contribution in [0.5, 0.6) is 0 Å². The van der Waals surface area contributed by atoms with E-state index in [4.69, 9.17) is 0 Å². The second-order valence-electron chi connectivity index (χ2n) is 8.77. The maximum absolute atomic E-state index is 12.4. The summed E-state index contributed by atoms with van der Waals surface area (Å²) in [6, 6.07) is 9.78. The summed E-state index contributed by atoms with van der Waals surface area (Å²) in [5, 5.41) is 11.4. The van der Waals surface area contributed by atoms with E-state index in [0.29, 0.717) is 6.42 Å². The normalized spacial score (nSPS) is 14.9. The summed E-state index contributed by atoms with van der Waals surface area (Å²) in [5.41, 5.74) is -1.80. The lowest BCUT2D eigenvalue weighted by Crippen LogP contribution is -2.52. The van der Waals surface area contributed by atoms with Gasteiger partial charge in [-0.2, -0.15) is 0 Å². The van der Waals surface area contributed by atoms with Crippen LogP contribution in [-0.4, -0.2) is 23.3 Å². The van der Waals surface area contributed by atoms with E-state index in [1.807, 2.05) is 30.3 Å². The molecule has 0 amide bonds. The van der Waals surface area contributed by atoms with Crippen LogP contribution in [0.25, 0.3) is 0 Å². The Kier molecular flexibility index (Phi) is 12.1. The maximum atomic E-state index is 12.4. The first-order valence-corrected chi connectivity index (χ1v) is 11.7. The van der Waals surface area contributed by atoms with Gasteiger partial charge in [-0.1, -0.05) is 108 Å². The molecule has 3 nitrogen and oxygen atoms in total. The number of benzene rings is 1. The number of aldehydes is 2. The Morgan fingerprint density at radius 3 is 1.90 bits per heavy atom. The molecule has 0 spiro atoms. The highest BCUT2D eigenvalue weighted by Gasteiger charge is 2.52. The van der Waals surface area contributed by atoms with Crippen molar-refractivity contribution in [3.63, 3.8) is 0 Å². The zero-order chi connectivity index (χ0) is 21.6. The van der Waals surface area contributed by atoms with Crippen molar-refractivity contribution in [2.45, 2.75) is 109 Å². The first-order valence-electron chi connectivity index (χ1n) is 11.7. The van der Waals surface area contributed by atoms with Gasteiger partial charge in [-0.05, 0) is 25.3 Å². The van der Waals surface area contributed by atoms with Crippen LogP contribution < -0.4 is 0 Å². The van der Waals surface area contributed by atoms with Gasteiger partial charge < -0.3 is 14.7 Å². The standard InChI is InChI=1S/C26H42O3/c1-4-6-8-10-11-16-20-25(3,29)26(21-27,22-28)24(19-15-9-7-5-2)23-17-13-12-14-18-23/h12-14,17-18,21-22,24,29H,4-11,15-16,19-20H2,1-3H3. The lowest BCUT2D eigenvalue weighted by atomic mass is 9.61. The summed E-state index contributed by atoms with van der Waals surface area (Å²) in [7, 11) is 0. The van der Waals surface area contributed by atoms with Crippen molar-refractivity contribution in [1.29, 1.82) is 0 Å². The van der Waals surface area contributed by atoms with Gasteiger partial charge in [0.25, 0.3) is 0 Å². The molecular formula is C26H42O3. The number of carbonyl (C=O) groups excluding carboxylic acids is 2. The number of hydrogen-bond acceptors (Lipinski definition) is 3. The summed E-state index contributed by atoms with van der Waals surface area (Å²) in [4.78, 5) is 24.8. The number of aliphatic hydroxyl groups is 1. The fraction of sp³-hybridized carbons (Fsp3) is 0.692. The summed E-state index contributed by atoms with van der Waals surface area (Å²) >= 11 is 0. The van der Waals surface area contributed by atoms with Gasteiger partial charge in [-0.25, -0.2) is 0 Å². The minimum Gasteiger partial charge on any atom is -0.389 e. The highest BCUT2D eigenvalue weighted by Crippen LogP contribution is 2.46. The van der Waals surface area contributed by atoms with E-state index in [-0.39, 0.29) is 5.92 Å². The average molecular weight is 403 g/mol. The summed E-state index contributed by atoms with van der Waals surface area (Å²) in [6.07, 6.45) is 13.6. The van der Waals surface area contributed by atoms with Crippen molar-refractivity contribution >= 4 is 12.6 Å². The molecule has 2 unspecified atom stereocenters. The Balaban J connectivity index is 3.02. The van der Waals surface area contributed by atoms with Crippen LogP contribution in [0.1, 0.15) is 109 Å². The van der Waals surface area contributed by atoms with Crippen molar-refractivity contribution in [3.8, 4) is 0 Å². The van der Waals surface area contributed by atoms with Crippen LogP contribution in [0, 0.1) is 5.41 Å². The van der Waals surface area contributed by atoms with E-state index in [1.165, 1.54) is 19.3 Å². The molecule has 0 radical (unpaired) electrons. The van der Waals surface area contributed by atoms with Crippen molar-refractivity contribution < 1.29 is 14.7 Å². The van der Waals surface area contributed by atoms with E-state index < -0.39 is 11.0 Å². The second-order valence-corrected chi connectivity index (χ2v) is 8.77. The Labute approximate surface area is 178 Å². The lowest BCUT2D eigenvalue weighted by Gasteiger charge is -2.43. The molecular weight excluding hydrogens is 360 g/mol. The quantitative estimate of drug-likeness (QED) is 0.181. The van der Waals surface area contributed by atoms with Crippen LogP contribution >= 0.6 is 0 Å². The average Bonchev–Trinajstić information content (AvgIpc) is 2.73. The first-order chi connectivity index (χ1) is 14.0. The molecule has 0 saturated carbocycles. The zero-order valence-electron chi connectivity index (χ0n) is 18.9. The molecule has 2 atom stereocenters. The molecule has 0 aliphatic heterocycles. The van der Waals surface area contributed by atoms with Gasteiger partial charge in [0.05, 0.1) is 5.60 Å². The molecule has 1 N–H and O–H groups in total. The van der Waals surface area contributed by atoms with Gasteiger partial charge in [0.1, 0.15) is 18.0 Å². The molecule has 0 aromatic heterocycles. The largest absolute Gasteiger partial charge is 0.389 e. The number of unbranched alkanes of at least 4 members (excludes halogenated alkanes) is 8. The minimum atomic E-state index is -1.41. The zero-order valence-corrected chi connectivity index (χ0v) is 18.9. The Hall–Kier alpha value is -1.48. The summed E-state index contributed by atoms with van der Waals surface area (Å²) < 4.78 is 0. The molecule has 3 heteroatoms. The molecule has 164 valence electrons.